The SMILES string of the molecule is CCNC(=NCc1ccc(CN(CC)CC)cc1)NCc1ccco1. The monoisotopic (exact) mass is 342 g/mol. The van der Waals surface area contributed by atoms with Gasteiger partial charge in [-0.2, -0.15) is 0 Å². The molecule has 2 rings (SSSR count). The summed E-state index contributed by atoms with van der Waals surface area (Å²) >= 11 is 0. The molecule has 0 unspecified atom stereocenters. The van der Waals surface area contributed by atoms with E-state index in [0.717, 1.165) is 37.9 Å². The third-order valence-corrected chi connectivity index (χ3v) is 4.10. The Labute approximate surface area is 151 Å². The molecule has 0 amide bonds. The summed E-state index contributed by atoms with van der Waals surface area (Å²) in [5.74, 6) is 1.69. The standard InChI is InChI=1S/C20H30N4O/c1-4-21-20(23-15-19-8-7-13-25-19)22-14-17-9-11-18(12-10-17)16-24(5-2)6-3/h7-13H,4-6,14-16H2,1-3H3,(H2,21,22,23). The largest absolute Gasteiger partial charge is 0.467 e. The van der Waals surface area contributed by atoms with Crippen LogP contribution in [0.15, 0.2) is 52.1 Å². The lowest BCUT2D eigenvalue weighted by atomic mass is 10.1. The van der Waals surface area contributed by atoms with Gasteiger partial charge in [0.05, 0.1) is 19.4 Å². The molecular weight excluding hydrogens is 312 g/mol. The van der Waals surface area contributed by atoms with E-state index < -0.39 is 0 Å². The molecule has 0 fully saturated rings. The molecule has 0 spiro atoms. The van der Waals surface area contributed by atoms with E-state index in [0.29, 0.717) is 13.1 Å². The van der Waals surface area contributed by atoms with Crippen LogP contribution in [0.4, 0.5) is 0 Å². The summed E-state index contributed by atoms with van der Waals surface area (Å²) in [5, 5.41) is 6.54. The summed E-state index contributed by atoms with van der Waals surface area (Å²) in [6.07, 6.45) is 1.68. The number of aliphatic imine (C=N–C) groups is 1. The first-order chi connectivity index (χ1) is 12.2. The molecule has 0 aliphatic heterocycles. The average Bonchev–Trinajstić information content (AvgIpc) is 3.16. The van der Waals surface area contributed by atoms with Gasteiger partial charge in [-0.25, -0.2) is 4.99 Å². The number of nitrogens with zero attached hydrogens (tertiary/aromatic N) is 2. The molecule has 2 N–H and O–H groups in total. The Morgan fingerprint density at radius 1 is 1.00 bits per heavy atom. The fourth-order valence-electron chi connectivity index (χ4n) is 2.55. The van der Waals surface area contributed by atoms with E-state index in [1.807, 2.05) is 12.1 Å². The van der Waals surface area contributed by atoms with Gasteiger partial charge in [-0.15, -0.1) is 0 Å². The number of guanidine groups is 1. The van der Waals surface area contributed by atoms with Crippen LogP contribution in [-0.4, -0.2) is 30.5 Å². The smallest absolute Gasteiger partial charge is 0.191 e. The summed E-state index contributed by atoms with van der Waals surface area (Å²) in [4.78, 5) is 7.06. The topological polar surface area (TPSA) is 52.8 Å². The van der Waals surface area contributed by atoms with Gasteiger partial charge in [0.25, 0.3) is 0 Å². The van der Waals surface area contributed by atoms with Gasteiger partial charge in [-0.1, -0.05) is 38.1 Å². The normalized spacial score (nSPS) is 11.8. The van der Waals surface area contributed by atoms with Crippen molar-refractivity contribution in [2.75, 3.05) is 19.6 Å². The molecular formula is C20H30N4O. The molecule has 0 bridgehead atoms. The van der Waals surface area contributed by atoms with Gasteiger partial charge in [0.1, 0.15) is 5.76 Å². The highest BCUT2D eigenvalue weighted by Crippen LogP contribution is 2.08. The second-order valence-corrected chi connectivity index (χ2v) is 5.91. The van der Waals surface area contributed by atoms with E-state index in [-0.39, 0.29) is 0 Å². The molecule has 25 heavy (non-hydrogen) atoms. The van der Waals surface area contributed by atoms with Crippen LogP contribution in [0.25, 0.3) is 0 Å². The van der Waals surface area contributed by atoms with E-state index in [9.17, 15) is 0 Å². The highest BCUT2D eigenvalue weighted by Gasteiger charge is 2.02. The molecule has 0 aliphatic rings. The molecule has 0 atom stereocenters. The van der Waals surface area contributed by atoms with Crippen LogP contribution in [0, 0.1) is 0 Å². The van der Waals surface area contributed by atoms with E-state index in [1.54, 1.807) is 6.26 Å². The highest BCUT2D eigenvalue weighted by molar-refractivity contribution is 5.79. The van der Waals surface area contributed by atoms with Crippen molar-refractivity contribution in [1.29, 1.82) is 0 Å². The molecule has 1 aromatic carbocycles. The zero-order chi connectivity index (χ0) is 17.9. The number of hydrogen-bond acceptors (Lipinski definition) is 3. The lowest BCUT2D eigenvalue weighted by molar-refractivity contribution is 0.296. The van der Waals surface area contributed by atoms with Crippen LogP contribution in [0.5, 0.6) is 0 Å². The van der Waals surface area contributed by atoms with Crippen molar-refractivity contribution >= 4 is 5.96 Å². The number of hydrogen-bond donors (Lipinski definition) is 2. The second kappa shape index (κ2) is 10.6. The summed E-state index contributed by atoms with van der Waals surface area (Å²) in [5.41, 5.74) is 2.55. The molecule has 1 aromatic heterocycles. The van der Waals surface area contributed by atoms with Crippen LogP contribution in [0.1, 0.15) is 37.7 Å². The van der Waals surface area contributed by atoms with Crippen molar-refractivity contribution < 1.29 is 4.42 Å². The molecule has 1 heterocycles. The molecule has 0 radical (unpaired) electrons. The van der Waals surface area contributed by atoms with E-state index in [1.165, 1.54) is 11.1 Å². The quantitative estimate of drug-likeness (QED) is 0.542. The molecule has 5 heteroatoms. The van der Waals surface area contributed by atoms with Crippen LogP contribution < -0.4 is 10.6 Å². The average molecular weight is 342 g/mol. The molecule has 0 saturated heterocycles. The summed E-state index contributed by atoms with van der Waals surface area (Å²) in [6.45, 7) is 11.7. The first kappa shape index (κ1) is 19.1. The Kier molecular flexibility index (Phi) is 8.05. The van der Waals surface area contributed by atoms with Gasteiger partial charge in [-0.05, 0) is 43.3 Å². The lowest BCUT2D eigenvalue weighted by Crippen LogP contribution is -2.36. The highest BCUT2D eigenvalue weighted by atomic mass is 16.3. The number of rotatable bonds is 9. The van der Waals surface area contributed by atoms with Crippen molar-refractivity contribution in [2.45, 2.75) is 40.4 Å². The van der Waals surface area contributed by atoms with E-state index in [4.69, 9.17) is 4.42 Å². The Bertz CT molecular complexity index is 616. The molecule has 136 valence electrons. The lowest BCUT2D eigenvalue weighted by Gasteiger charge is -2.18. The third kappa shape index (κ3) is 6.63. The maximum atomic E-state index is 5.34. The van der Waals surface area contributed by atoms with Gasteiger partial charge in [0, 0.05) is 13.1 Å². The maximum absolute atomic E-state index is 5.34. The Morgan fingerprint density at radius 3 is 2.32 bits per heavy atom. The molecule has 2 aromatic rings. The van der Waals surface area contributed by atoms with Crippen LogP contribution in [0.2, 0.25) is 0 Å². The van der Waals surface area contributed by atoms with Gasteiger partial charge in [0.2, 0.25) is 0 Å². The van der Waals surface area contributed by atoms with Crippen molar-refractivity contribution in [1.82, 2.24) is 15.5 Å². The second-order valence-electron chi connectivity index (χ2n) is 5.91. The summed E-state index contributed by atoms with van der Waals surface area (Å²) < 4.78 is 5.34. The Hall–Kier alpha value is -2.27. The fraction of sp³-hybridized carbons (Fsp3) is 0.450. The number of nitrogens with one attached hydrogen (secondary N) is 2. The van der Waals surface area contributed by atoms with Gasteiger partial charge >= 0.3 is 0 Å². The fourth-order valence-corrected chi connectivity index (χ4v) is 2.55. The minimum atomic E-state index is 0.627. The minimum Gasteiger partial charge on any atom is -0.467 e. The Balaban J connectivity index is 1.90. The van der Waals surface area contributed by atoms with Gasteiger partial charge < -0.3 is 15.1 Å². The van der Waals surface area contributed by atoms with E-state index >= 15 is 0 Å². The number of furan rings is 1. The number of benzene rings is 1. The molecule has 5 nitrogen and oxygen atoms in total. The van der Waals surface area contributed by atoms with Gasteiger partial charge in [0.15, 0.2) is 5.96 Å². The first-order valence-electron chi connectivity index (χ1n) is 9.09. The first-order valence-corrected chi connectivity index (χ1v) is 9.09. The van der Waals surface area contributed by atoms with Crippen LogP contribution in [-0.2, 0) is 19.6 Å². The molecule has 0 saturated carbocycles. The third-order valence-electron chi connectivity index (χ3n) is 4.10. The van der Waals surface area contributed by atoms with Crippen LogP contribution in [0.3, 0.4) is 0 Å². The summed E-state index contributed by atoms with van der Waals surface area (Å²) in [7, 11) is 0. The van der Waals surface area contributed by atoms with Crippen molar-refractivity contribution in [2.24, 2.45) is 4.99 Å². The minimum absolute atomic E-state index is 0.627. The summed E-state index contributed by atoms with van der Waals surface area (Å²) in [6, 6.07) is 12.6. The van der Waals surface area contributed by atoms with Crippen molar-refractivity contribution in [3.63, 3.8) is 0 Å². The van der Waals surface area contributed by atoms with E-state index in [2.05, 4.69) is 65.6 Å². The van der Waals surface area contributed by atoms with Gasteiger partial charge in [-0.3, -0.25) is 4.90 Å². The van der Waals surface area contributed by atoms with Crippen molar-refractivity contribution in [3.05, 3.63) is 59.5 Å². The zero-order valence-electron chi connectivity index (χ0n) is 15.6. The Morgan fingerprint density at radius 2 is 1.72 bits per heavy atom. The molecule has 0 aliphatic carbocycles. The zero-order valence-corrected chi connectivity index (χ0v) is 15.6. The predicted octanol–water partition coefficient (Wildman–Crippen LogP) is 3.38. The van der Waals surface area contributed by atoms with Crippen molar-refractivity contribution in [3.8, 4) is 0 Å². The maximum Gasteiger partial charge on any atom is 0.191 e. The van der Waals surface area contributed by atoms with Crippen LogP contribution >= 0.6 is 0 Å². The predicted molar refractivity (Wildman–Crippen MR) is 103 cm³/mol.